The number of anilines is 2. The van der Waals surface area contributed by atoms with Crippen LogP contribution in [0, 0.1) is 27.7 Å². The van der Waals surface area contributed by atoms with Gasteiger partial charge in [0.2, 0.25) is 11.6 Å². The lowest BCUT2D eigenvalue weighted by Crippen LogP contribution is -2.05. The van der Waals surface area contributed by atoms with Crippen LogP contribution >= 0.6 is 34.0 Å². The number of aryl methyl sites for hydroxylation is 4. The highest BCUT2D eigenvalue weighted by atomic mass is 32.1. The molecule has 6 aromatic carbocycles. The molecule has 3 aliphatic rings. The van der Waals surface area contributed by atoms with Crippen molar-refractivity contribution in [1.29, 1.82) is 0 Å². The van der Waals surface area contributed by atoms with E-state index in [1.807, 2.05) is 22.9 Å². The second kappa shape index (κ2) is 17.0. The van der Waals surface area contributed by atoms with Crippen LogP contribution in [0.5, 0.6) is 0 Å². The summed E-state index contributed by atoms with van der Waals surface area (Å²) in [5.74, 6) is -0.756. The van der Waals surface area contributed by atoms with Gasteiger partial charge in [-0.25, -0.2) is 19.9 Å². The van der Waals surface area contributed by atoms with Gasteiger partial charge in [0.15, 0.2) is 0 Å². The van der Waals surface area contributed by atoms with Crippen LogP contribution in [0.3, 0.4) is 0 Å². The van der Waals surface area contributed by atoms with E-state index in [1.165, 1.54) is 74.6 Å². The number of aliphatic hydroxyl groups is 1. The highest BCUT2D eigenvalue weighted by molar-refractivity contribution is 7.13. The number of hydrogen-bond acceptors (Lipinski definition) is 12. The Kier molecular flexibility index (Phi) is 11.0. The van der Waals surface area contributed by atoms with Crippen LogP contribution in [-0.2, 0) is 0 Å². The molecule has 0 bridgehead atoms. The maximum Gasteiger partial charge on any atom is 0.234 e. The van der Waals surface area contributed by atoms with Crippen molar-refractivity contribution in [2.75, 3.05) is 18.1 Å². The Balaban J connectivity index is 0.000000107. The number of carbonyl (C=O) groups excluding carboxylic acids is 2. The van der Waals surface area contributed by atoms with E-state index in [0.717, 1.165) is 55.6 Å². The van der Waals surface area contributed by atoms with Crippen molar-refractivity contribution >= 4 is 111 Å². The van der Waals surface area contributed by atoms with Crippen molar-refractivity contribution in [2.24, 2.45) is 0 Å². The molecule has 5 N–H and O–H groups in total. The van der Waals surface area contributed by atoms with E-state index < -0.39 is 0 Å². The van der Waals surface area contributed by atoms with Crippen molar-refractivity contribution in [2.45, 2.75) is 34.6 Å². The number of nitrogen functional groups attached to an aromatic ring is 2. The van der Waals surface area contributed by atoms with Gasteiger partial charge in [0.05, 0.1) is 34.2 Å². The molecule has 0 unspecified atom stereocenters. The third-order valence-corrected chi connectivity index (χ3v) is 14.7. The highest BCUT2D eigenvalue weighted by Gasteiger charge is 2.30. The Bertz CT molecular complexity index is 3400. The Morgan fingerprint density at radius 3 is 0.924 bits per heavy atom. The maximum absolute atomic E-state index is 11.5. The largest absolute Gasteiger partial charge is 0.397 e. The normalized spacial score (nSPS) is 12.0. The third-order valence-electron chi connectivity index (χ3n) is 11.9. The molecule has 5 aromatic heterocycles. The first-order valence-corrected chi connectivity index (χ1v) is 24.0. The van der Waals surface area contributed by atoms with Gasteiger partial charge >= 0.3 is 0 Å². The van der Waals surface area contributed by atoms with Crippen molar-refractivity contribution in [3.05, 3.63) is 151 Å². The quantitative estimate of drug-likeness (QED) is 0.126. The number of ketones is 2. The fraction of sp³-hybridized carbons (Fsp3) is 0.111. The first-order valence-electron chi connectivity index (χ1n) is 21.4. The molecule has 0 saturated heterocycles. The number of carbonyl (C=O) groups is 2. The zero-order valence-electron chi connectivity index (χ0n) is 36.7. The van der Waals surface area contributed by atoms with Crippen LogP contribution in [-0.4, -0.2) is 43.2 Å². The maximum atomic E-state index is 11.5. The second-order valence-electron chi connectivity index (χ2n) is 16.0. The summed E-state index contributed by atoms with van der Waals surface area (Å²) in [5, 5.41) is 18.1. The first-order chi connectivity index (χ1) is 32.0. The Morgan fingerprint density at radius 2 is 0.682 bits per heavy atom. The molecular weight excluding hydrogens is 877 g/mol. The number of nitrogens with zero attached hydrogens (tertiary/aromatic N) is 4. The minimum absolute atomic E-state index is 0.250. The summed E-state index contributed by atoms with van der Waals surface area (Å²) >= 11 is 5.08. The lowest BCUT2D eigenvalue weighted by molar-refractivity contribution is 0.0825. The number of hydrogen-bond donors (Lipinski definition) is 3. The standard InChI is InChI=1S/2C18H12N2S.C12H6O2.C4H6N2S.C2H6O/c2*1-9-15-16(10(2)21-9)20-18-13-8-4-6-11-5-3-7-12(14(11)13)17(18)19-15;13-11-8-5-1-3-7-4-2-6-9(10(7)8)12(11)14;5-3-1-7-2-4(3)6;1-2-3/h2*3-8H,1-2H3;1-6H;1-2H,5-6H2;3H,2H2,1H3. The Morgan fingerprint density at radius 1 is 0.439 bits per heavy atom. The van der Waals surface area contributed by atoms with Gasteiger partial charge in [-0.1, -0.05) is 109 Å². The molecule has 0 fully saturated rings. The number of aliphatic hydroxyl groups excluding tert-OH is 1. The summed E-state index contributed by atoms with van der Waals surface area (Å²) in [4.78, 5) is 47.9. The number of benzene rings is 6. The van der Waals surface area contributed by atoms with Gasteiger partial charge in [-0.2, -0.15) is 0 Å². The van der Waals surface area contributed by atoms with E-state index >= 15 is 0 Å². The molecule has 0 amide bonds. The molecule has 9 nitrogen and oxygen atoms in total. The van der Waals surface area contributed by atoms with Crippen LogP contribution in [0.1, 0.15) is 47.1 Å². The summed E-state index contributed by atoms with van der Waals surface area (Å²) in [5.41, 5.74) is 26.4. The van der Waals surface area contributed by atoms with Gasteiger partial charge < -0.3 is 16.6 Å². The Hall–Kier alpha value is -7.22. The molecule has 0 aliphatic heterocycles. The number of nitrogens with two attached hydrogens (primary N) is 2. The zero-order valence-corrected chi connectivity index (χ0v) is 39.1. The molecule has 11 aromatic rings. The van der Waals surface area contributed by atoms with Gasteiger partial charge in [-0.15, -0.1) is 34.0 Å². The number of fused-ring (bicyclic) bond motifs is 8. The minimum atomic E-state index is -0.378. The van der Waals surface area contributed by atoms with Gasteiger partial charge in [0.25, 0.3) is 0 Å². The summed E-state index contributed by atoms with van der Waals surface area (Å²) in [7, 11) is 0. The summed E-state index contributed by atoms with van der Waals surface area (Å²) in [6.07, 6.45) is 0. The van der Waals surface area contributed by atoms with Gasteiger partial charge in [-0.3, -0.25) is 9.59 Å². The average molecular weight is 919 g/mol. The smallest absolute Gasteiger partial charge is 0.234 e. The second-order valence-corrected chi connectivity index (χ2v) is 19.7. The topological polar surface area (TPSA) is 158 Å². The molecule has 0 spiro atoms. The Labute approximate surface area is 392 Å². The van der Waals surface area contributed by atoms with Gasteiger partial charge in [0.1, 0.15) is 22.1 Å². The molecule has 3 aliphatic carbocycles. The molecule has 0 atom stereocenters. The molecule has 0 radical (unpaired) electrons. The summed E-state index contributed by atoms with van der Waals surface area (Å²) in [6, 6.07) is 36.5. The average Bonchev–Trinajstić information content (AvgIpc) is 4.15. The fourth-order valence-corrected chi connectivity index (χ4v) is 11.5. The lowest BCUT2D eigenvalue weighted by Gasteiger charge is -2.01. The zero-order chi connectivity index (χ0) is 46.0. The predicted octanol–water partition coefficient (Wildman–Crippen LogP) is 13.3. The monoisotopic (exact) mass is 918 g/mol. The number of thiophene rings is 3. The van der Waals surface area contributed by atoms with E-state index in [-0.39, 0.29) is 18.2 Å². The van der Waals surface area contributed by atoms with Crippen molar-refractivity contribution in [3.63, 3.8) is 0 Å². The SMILES string of the molecule is CCO.Cc1sc(C)c2nc3c(nc12)-c1cccc2cccc-3c12.Cc1sc(C)c2nc3c(nc12)-c1cccc2cccc-3c12.Nc1cscc1N.O=C1C(=O)c2cccc3cccc1c23. The molecule has 14 rings (SSSR count). The van der Waals surface area contributed by atoms with Crippen LogP contribution < -0.4 is 11.5 Å². The van der Waals surface area contributed by atoms with E-state index in [1.54, 1.807) is 53.9 Å². The van der Waals surface area contributed by atoms with E-state index in [9.17, 15) is 9.59 Å². The number of rotatable bonds is 0. The van der Waals surface area contributed by atoms with Crippen molar-refractivity contribution < 1.29 is 14.7 Å². The number of Topliss-reactive ketones (excluding diaryl/α,β-unsaturated/α-hetero) is 2. The lowest BCUT2D eigenvalue weighted by atomic mass is 10.0. The van der Waals surface area contributed by atoms with E-state index in [4.69, 9.17) is 36.5 Å². The molecule has 324 valence electrons. The van der Waals surface area contributed by atoms with Crippen LogP contribution in [0.15, 0.2) is 120 Å². The van der Waals surface area contributed by atoms with E-state index in [0.29, 0.717) is 22.5 Å². The van der Waals surface area contributed by atoms with Gasteiger partial charge in [0, 0.05) is 86.4 Å². The summed E-state index contributed by atoms with van der Waals surface area (Å²) < 4.78 is 0. The predicted molar refractivity (Wildman–Crippen MR) is 276 cm³/mol. The van der Waals surface area contributed by atoms with Crippen molar-refractivity contribution in [3.8, 4) is 45.0 Å². The fourth-order valence-electron chi connectivity index (χ4n) is 9.01. The molecule has 66 heavy (non-hydrogen) atoms. The summed E-state index contributed by atoms with van der Waals surface area (Å²) in [6.45, 7) is 10.4. The molecule has 0 saturated carbocycles. The minimum Gasteiger partial charge on any atom is -0.397 e. The number of aromatic nitrogens is 4. The van der Waals surface area contributed by atoms with Crippen LogP contribution in [0.4, 0.5) is 11.4 Å². The highest BCUT2D eigenvalue weighted by Crippen LogP contribution is 2.48. The van der Waals surface area contributed by atoms with E-state index in [2.05, 4.69) is 100 Å². The van der Waals surface area contributed by atoms with Crippen LogP contribution in [0.2, 0.25) is 0 Å². The van der Waals surface area contributed by atoms with Crippen LogP contribution in [0.25, 0.3) is 99.4 Å². The molecule has 12 heteroatoms. The first kappa shape index (κ1) is 42.7. The van der Waals surface area contributed by atoms with Crippen molar-refractivity contribution in [1.82, 2.24) is 19.9 Å². The molecule has 5 heterocycles. The van der Waals surface area contributed by atoms with Gasteiger partial charge in [-0.05, 0) is 50.8 Å². The molecular formula is C54H42N6O3S3. The third kappa shape index (κ3) is 7.01.